The van der Waals surface area contributed by atoms with Crippen molar-refractivity contribution in [2.24, 2.45) is 5.84 Å². The fourth-order valence-corrected chi connectivity index (χ4v) is 1.42. The highest BCUT2D eigenvalue weighted by Crippen LogP contribution is 2.26. The van der Waals surface area contributed by atoms with Crippen molar-refractivity contribution in [2.45, 2.75) is 33.1 Å². The van der Waals surface area contributed by atoms with Crippen LogP contribution in [0, 0.1) is 6.92 Å². The second kappa shape index (κ2) is 4.25. The van der Waals surface area contributed by atoms with Crippen LogP contribution in [-0.4, -0.2) is 24.1 Å². The van der Waals surface area contributed by atoms with E-state index in [-0.39, 0.29) is 5.41 Å². The number of aromatic nitrogens is 2. The van der Waals surface area contributed by atoms with E-state index < -0.39 is 0 Å². The Morgan fingerprint density at radius 1 is 1.19 bits per heavy atom. The van der Waals surface area contributed by atoms with Gasteiger partial charge in [-0.2, -0.15) is 0 Å². The maximum absolute atomic E-state index is 5.47. The molecule has 1 rings (SSSR count). The number of nitrogens with zero attached hydrogens (tertiary/aromatic N) is 3. The number of hydrazine groups is 1. The lowest BCUT2D eigenvalue weighted by Gasteiger charge is -2.22. The van der Waals surface area contributed by atoms with Gasteiger partial charge in [-0.3, -0.25) is 0 Å². The van der Waals surface area contributed by atoms with Crippen molar-refractivity contribution in [3.63, 3.8) is 0 Å². The summed E-state index contributed by atoms with van der Waals surface area (Å²) in [6.07, 6.45) is 0. The molecule has 0 radical (unpaired) electrons. The summed E-state index contributed by atoms with van der Waals surface area (Å²) in [6.45, 7) is 8.20. The largest absolute Gasteiger partial charge is 0.362 e. The minimum Gasteiger partial charge on any atom is -0.362 e. The van der Waals surface area contributed by atoms with Gasteiger partial charge in [0, 0.05) is 25.1 Å². The van der Waals surface area contributed by atoms with E-state index >= 15 is 0 Å². The van der Waals surface area contributed by atoms with Crippen molar-refractivity contribution in [3.05, 3.63) is 11.4 Å². The van der Waals surface area contributed by atoms with E-state index in [2.05, 4.69) is 36.2 Å². The van der Waals surface area contributed by atoms with E-state index in [0.717, 1.165) is 17.2 Å². The molecule has 0 aliphatic heterocycles. The van der Waals surface area contributed by atoms with E-state index in [9.17, 15) is 0 Å². The third kappa shape index (κ3) is 2.41. The molecular formula is C11H21N5. The van der Waals surface area contributed by atoms with Gasteiger partial charge < -0.3 is 10.3 Å². The van der Waals surface area contributed by atoms with Crippen LogP contribution in [0.5, 0.6) is 0 Å². The summed E-state index contributed by atoms with van der Waals surface area (Å²) >= 11 is 0. The summed E-state index contributed by atoms with van der Waals surface area (Å²) in [6, 6.07) is 0. The number of nitrogen functional groups attached to an aromatic ring is 1. The highest BCUT2D eigenvalue weighted by Gasteiger charge is 2.21. The fourth-order valence-electron chi connectivity index (χ4n) is 1.42. The van der Waals surface area contributed by atoms with Gasteiger partial charge in [-0.05, 0) is 6.92 Å². The van der Waals surface area contributed by atoms with Crippen LogP contribution in [-0.2, 0) is 5.41 Å². The number of hydrogen-bond acceptors (Lipinski definition) is 5. The first-order valence-corrected chi connectivity index (χ1v) is 5.30. The van der Waals surface area contributed by atoms with Gasteiger partial charge in [-0.1, -0.05) is 20.8 Å². The van der Waals surface area contributed by atoms with E-state index in [1.165, 1.54) is 0 Å². The topological polar surface area (TPSA) is 67.1 Å². The summed E-state index contributed by atoms with van der Waals surface area (Å²) in [5, 5.41) is 0. The average molecular weight is 223 g/mol. The molecule has 0 spiro atoms. The lowest BCUT2D eigenvalue weighted by Crippen LogP contribution is -2.23. The van der Waals surface area contributed by atoms with Gasteiger partial charge in [0.25, 0.3) is 0 Å². The van der Waals surface area contributed by atoms with Crippen LogP contribution in [0.4, 0.5) is 11.6 Å². The molecule has 1 aromatic rings. The van der Waals surface area contributed by atoms with Gasteiger partial charge in [0.2, 0.25) is 0 Å². The van der Waals surface area contributed by atoms with Crippen LogP contribution in [0.25, 0.3) is 0 Å². The first kappa shape index (κ1) is 12.7. The van der Waals surface area contributed by atoms with Crippen LogP contribution >= 0.6 is 0 Å². The average Bonchev–Trinajstić information content (AvgIpc) is 2.15. The number of anilines is 2. The predicted octanol–water partition coefficient (Wildman–Crippen LogP) is 1.43. The standard InChI is InChI=1S/C11H21N5/c1-7-8(15-12)13-10(11(2,3)4)14-9(7)16(5)6/h12H2,1-6H3,(H,13,14,15). The maximum Gasteiger partial charge on any atom is 0.148 e. The summed E-state index contributed by atoms with van der Waals surface area (Å²) in [4.78, 5) is 11.0. The summed E-state index contributed by atoms with van der Waals surface area (Å²) < 4.78 is 0. The quantitative estimate of drug-likeness (QED) is 0.586. The van der Waals surface area contributed by atoms with Crippen LogP contribution in [0.1, 0.15) is 32.2 Å². The normalized spacial score (nSPS) is 11.4. The zero-order chi connectivity index (χ0) is 12.5. The Morgan fingerprint density at radius 2 is 1.75 bits per heavy atom. The van der Waals surface area contributed by atoms with Crippen molar-refractivity contribution < 1.29 is 0 Å². The van der Waals surface area contributed by atoms with Crippen LogP contribution in [0.3, 0.4) is 0 Å². The van der Waals surface area contributed by atoms with Crippen LogP contribution < -0.4 is 16.2 Å². The van der Waals surface area contributed by atoms with E-state index in [4.69, 9.17) is 5.84 Å². The molecule has 3 N–H and O–H groups in total. The number of rotatable bonds is 2. The summed E-state index contributed by atoms with van der Waals surface area (Å²) in [5.74, 6) is 7.84. The fraction of sp³-hybridized carbons (Fsp3) is 0.636. The van der Waals surface area contributed by atoms with Crippen LogP contribution in [0.2, 0.25) is 0 Å². The Kier molecular flexibility index (Phi) is 3.38. The molecule has 0 saturated carbocycles. The summed E-state index contributed by atoms with van der Waals surface area (Å²) in [5.41, 5.74) is 3.49. The lowest BCUT2D eigenvalue weighted by atomic mass is 9.95. The maximum atomic E-state index is 5.47. The molecule has 0 aromatic carbocycles. The molecule has 0 aliphatic carbocycles. The second-order valence-corrected chi connectivity index (χ2v) is 5.13. The van der Waals surface area contributed by atoms with Crippen LogP contribution in [0.15, 0.2) is 0 Å². The lowest BCUT2D eigenvalue weighted by molar-refractivity contribution is 0.545. The molecule has 0 atom stereocenters. The van der Waals surface area contributed by atoms with E-state index in [1.807, 2.05) is 25.9 Å². The van der Waals surface area contributed by atoms with Crippen molar-refractivity contribution in [2.75, 3.05) is 24.4 Å². The Hall–Kier alpha value is -1.36. The zero-order valence-corrected chi connectivity index (χ0v) is 10.9. The van der Waals surface area contributed by atoms with Crippen molar-refractivity contribution in [1.29, 1.82) is 0 Å². The molecule has 0 fully saturated rings. The number of hydrogen-bond donors (Lipinski definition) is 2. The third-order valence-corrected chi connectivity index (χ3v) is 2.35. The van der Waals surface area contributed by atoms with Gasteiger partial charge in [0.15, 0.2) is 0 Å². The molecule has 5 nitrogen and oxygen atoms in total. The van der Waals surface area contributed by atoms with Gasteiger partial charge in [-0.25, -0.2) is 15.8 Å². The molecule has 0 bridgehead atoms. The van der Waals surface area contributed by atoms with Gasteiger partial charge in [0.05, 0.1) is 0 Å². The predicted molar refractivity (Wildman–Crippen MR) is 67.6 cm³/mol. The van der Waals surface area contributed by atoms with Gasteiger partial charge in [-0.15, -0.1) is 0 Å². The minimum atomic E-state index is -0.0932. The molecule has 0 unspecified atom stereocenters. The zero-order valence-electron chi connectivity index (χ0n) is 10.9. The molecule has 1 aromatic heterocycles. The molecule has 0 aliphatic rings. The highest BCUT2D eigenvalue weighted by molar-refractivity contribution is 5.57. The second-order valence-electron chi connectivity index (χ2n) is 5.13. The Labute approximate surface area is 97.0 Å². The van der Waals surface area contributed by atoms with Gasteiger partial charge >= 0.3 is 0 Å². The molecule has 5 heteroatoms. The van der Waals surface area contributed by atoms with E-state index in [0.29, 0.717) is 5.82 Å². The Morgan fingerprint density at radius 3 is 2.12 bits per heavy atom. The first-order valence-electron chi connectivity index (χ1n) is 5.30. The Balaban J connectivity index is 3.40. The van der Waals surface area contributed by atoms with E-state index in [1.54, 1.807) is 0 Å². The molecule has 90 valence electrons. The smallest absolute Gasteiger partial charge is 0.148 e. The van der Waals surface area contributed by atoms with Crippen molar-refractivity contribution in [1.82, 2.24) is 9.97 Å². The Bertz CT molecular complexity index is 379. The third-order valence-electron chi connectivity index (χ3n) is 2.35. The molecule has 16 heavy (non-hydrogen) atoms. The molecular weight excluding hydrogens is 202 g/mol. The monoisotopic (exact) mass is 223 g/mol. The highest BCUT2D eigenvalue weighted by atomic mass is 15.3. The van der Waals surface area contributed by atoms with Crippen molar-refractivity contribution >= 4 is 11.6 Å². The molecule has 0 amide bonds. The molecule has 1 heterocycles. The van der Waals surface area contributed by atoms with Crippen molar-refractivity contribution in [3.8, 4) is 0 Å². The number of nitrogens with one attached hydrogen (secondary N) is 1. The SMILES string of the molecule is Cc1c(NN)nc(C(C)(C)C)nc1N(C)C. The first-order chi connectivity index (χ1) is 7.27. The van der Waals surface area contributed by atoms with Gasteiger partial charge in [0.1, 0.15) is 17.5 Å². The minimum absolute atomic E-state index is 0.0932. The summed E-state index contributed by atoms with van der Waals surface area (Å²) in [7, 11) is 3.92. The number of nitrogens with two attached hydrogens (primary N) is 1. The molecule has 0 saturated heterocycles.